The van der Waals surface area contributed by atoms with Gasteiger partial charge in [-0.2, -0.15) is 4.31 Å². The molecule has 2 aliphatic heterocycles. The Kier molecular flexibility index (Phi) is 5.33. The van der Waals surface area contributed by atoms with Crippen LogP contribution in [0.15, 0.2) is 64.9 Å². The van der Waals surface area contributed by atoms with E-state index >= 15 is 0 Å². The average Bonchev–Trinajstić information content (AvgIpc) is 3.16. The summed E-state index contributed by atoms with van der Waals surface area (Å²) in [6, 6.07) is 12.0. The lowest BCUT2D eigenvalue weighted by Crippen LogP contribution is -2.50. The van der Waals surface area contributed by atoms with E-state index in [0.717, 1.165) is 5.56 Å². The Hall–Kier alpha value is -2.78. The van der Waals surface area contributed by atoms with Crippen molar-refractivity contribution in [1.29, 1.82) is 0 Å². The topological polar surface area (TPSA) is 101 Å². The Labute approximate surface area is 169 Å². The third-order valence-electron chi connectivity index (χ3n) is 5.19. The first kappa shape index (κ1) is 19.5. The van der Waals surface area contributed by atoms with Crippen LogP contribution in [0.2, 0.25) is 0 Å². The van der Waals surface area contributed by atoms with E-state index in [2.05, 4.69) is 15.5 Å². The highest BCUT2D eigenvalue weighted by Gasteiger charge is 2.47. The zero-order valence-corrected chi connectivity index (χ0v) is 16.6. The summed E-state index contributed by atoms with van der Waals surface area (Å²) < 4.78 is 27.3. The van der Waals surface area contributed by atoms with Crippen LogP contribution < -0.4 is 5.32 Å². The highest BCUT2D eigenvalue weighted by Crippen LogP contribution is 2.35. The first-order valence-corrected chi connectivity index (χ1v) is 10.9. The molecule has 0 radical (unpaired) electrons. The number of hydrogen-bond acceptors (Lipinski definition) is 6. The molecule has 9 heteroatoms. The minimum Gasteiger partial charge on any atom is -0.387 e. The molecule has 29 heavy (non-hydrogen) atoms. The molecule has 0 unspecified atom stereocenters. The smallest absolute Gasteiger partial charge is 0.269 e. The van der Waals surface area contributed by atoms with E-state index in [4.69, 9.17) is 4.84 Å². The summed E-state index contributed by atoms with van der Waals surface area (Å²) in [7, 11) is -3.61. The van der Waals surface area contributed by atoms with Gasteiger partial charge in [0.1, 0.15) is 5.71 Å². The lowest BCUT2D eigenvalue weighted by molar-refractivity contribution is -0.115. The van der Waals surface area contributed by atoms with Gasteiger partial charge in [0, 0.05) is 31.9 Å². The van der Waals surface area contributed by atoms with E-state index in [9.17, 15) is 13.2 Å². The summed E-state index contributed by atoms with van der Waals surface area (Å²) in [5.41, 5.74) is 0.432. The summed E-state index contributed by atoms with van der Waals surface area (Å²) in [4.78, 5) is 22.3. The van der Waals surface area contributed by atoms with Gasteiger partial charge in [-0.15, -0.1) is 0 Å². The molecule has 1 N–H and O–H groups in total. The van der Waals surface area contributed by atoms with Gasteiger partial charge < -0.3 is 10.2 Å². The fraction of sp³-hybridized carbons (Fsp3) is 0.350. The van der Waals surface area contributed by atoms with Crippen LogP contribution >= 0.6 is 0 Å². The number of amides is 1. The fourth-order valence-electron chi connectivity index (χ4n) is 3.65. The van der Waals surface area contributed by atoms with E-state index in [1.807, 2.05) is 12.1 Å². The number of nitrogens with zero attached hydrogens (tertiary/aromatic N) is 3. The molecule has 1 amide bonds. The summed E-state index contributed by atoms with van der Waals surface area (Å²) >= 11 is 0. The number of piperidine rings is 1. The lowest BCUT2D eigenvalue weighted by Gasteiger charge is -2.37. The van der Waals surface area contributed by atoms with Crippen LogP contribution in [0.3, 0.4) is 0 Å². The third kappa shape index (κ3) is 4.15. The van der Waals surface area contributed by atoms with Crippen molar-refractivity contribution < 1.29 is 18.0 Å². The molecule has 0 aliphatic carbocycles. The van der Waals surface area contributed by atoms with Crippen molar-refractivity contribution in [2.45, 2.75) is 36.3 Å². The SMILES string of the molecule is O=C(NCc1ccncc1)C1=NO[C@@]2(CCCN(S(=O)(=O)c3ccccc3)C2)C1. The average molecular weight is 414 g/mol. The molecule has 2 aliphatic rings. The van der Waals surface area contributed by atoms with Gasteiger partial charge in [0.15, 0.2) is 5.60 Å². The quantitative estimate of drug-likeness (QED) is 0.803. The van der Waals surface area contributed by atoms with Crippen molar-refractivity contribution in [3.8, 4) is 0 Å². The van der Waals surface area contributed by atoms with Gasteiger partial charge in [-0.1, -0.05) is 23.4 Å². The molecular formula is C20H22N4O4S. The van der Waals surface area contributed by atoms with E-state index in [-0.39, 0.29) is 29.5 Å². The van der Waals surface area contributed by atoms with E-state index < -0.39 is 15.6 Å². The minimum atomic E-state index is -3.61. The largest absolute Gasteiger partial charge is 0.387 e. The molecule has 1 spiro atoms. The number of oxime groups is 1. The predicted molar refractivity (Wildman–Crippen MR) is 106 cm³/mol. The van der Waals surface area contributed by atoms with Crippen LogP contribution in [0.1, 0.15) is 24.8 Å². The zero-order chi connectivity index (χ0) is 20.3. The van der Waals surface area contributed by atoms with Crippen LogP contribution in [0, 0.1) is 0 Å². The molecule has 1 aromatic carbocycles. The van der Waals surface area contributed by atoms with Gasteiger partial charge in [0.05, 0.1) is 11.4 Å². The predicted octanol–water partition coefficient (Wildman–Crippen LogP) is 1.70. The zero-order valence-electron chi connectivity index (χ0n) is 15.8. The summed E-state index contributed by atoms with van der Waals surface area (Å²) in [5, 5.41) is 6.81. The van der Waals surface area contributed by atoms with Crippen molar-refractivity contribution in [3.05, 3.63) is 60.4 Å². The van der Waals surface area contributed by atoms with E-state index in [1.54, 1.807) is 42.7 Å². The van der Waals surface area contributed by atoms with Crippen LogP contribution in [0.25, 0.3) is 0 Å². The van der Waals surface area contributed by atoms with Crippen molar-refractivity contribution in [3.63, 3.8) is 0 Å². The Morgan fingerprint density at radius 3 is 2.69 bits per heavy atom. The number of rotatable bonds is 5. The van der Waals surface area contributed by atoms with Crippen LogP contribution in [-0.2, 0) is 26.2 Å². The van der Waals surface area contributed by atoms with Gasteiger partial charge in [0.25, 0.3) is 5.91 Å². The van der Waals surface area contributed by atoms with Crippen molar-refractivity contribution in [1.82, 2.24) is 14.6 Å². The normalized spacial score (nSPS) is 22.1. The fourth-order valence-corrected chi connectivity index (χ4v) is 5.22. The summed E-state index contributed by atoms with van der Waals surface area (Å²) in [6.07, 6.45) is 4.91. The number of carbonyl (C=O) groups excluding carboxylic acids is 1. The van der Waals surface area contributed by atoms with Gasteiger partial charge >= 0.3 is 0 Å². The monoisotopic (exact) mass is 414 g/mol. The molecule has 1 aromatic heterocycles. The Morgan fingerprint density at radius 1 is 1.17 bits per heavy atom. The first-order valence-electron chi connectivity index (χ1n) is 9.46. The van der Waals surface area contributed by atoms with Crippen molar-refractivity contribution >= 4 is 21.6 Å². The van der Waals surface area contributed by atoms with Gasteiger partial charge in [-0.3, -0.25) is 9.78 Å². The van der Waals surface area contributed by atoms with Crippen LogP contribution in [0.5, 0.6) is 0 Å². The molecule has 3 heterocycles. The molecule has 8 nitrogen and oxygen atoms in total. The molecule has 4 rings (SSSR count). The second-order valence-corrected chi connectivity index (χ2v) is 9.22. The molecule has 2 aromatic rings. The maximum absolute atomic E-state index is 13.0. The molecule has 0 bridgehead atoms. The Balaban J connectivity index is 1.40. The van der Waals surface area contributed by atoms with Gasteiger partial charge in [-0.05, 0) is 42.7 Å². The van der Waals surface area contributed by atoms with E-state index in [1.165, 1.54) is 4.31 Å². The summed E-state index contributed by atoms with van der Waals surface area (Å²) in [6.45, 7) is 0.961. The van der Waals surface area contributed by atoms with Crippen LogP contribution in [-0.4, -0.2) is 48.0 Å². The first-order chi connectivity index (χ1) is 14.0. The number of pyridine rings is 1. The van der Waals surface area contributed by atoms with E-state index in [0.29, 0.717) is 25.9 Å². The molecular weight excluding hydrogens is 392 g/mol. The standard InChI is InChI=1S/C20H22N4O4S/c25-19(22-14-16-7-10-21-11-8-16)18-13-20(28-23-18)9-4-12-24(15-20)29(26,27)17-5-2-1-3-6-17/h1-3,5-8,10-11H,4,9,12-15H2,(H,22,25)/t20-/m0/s1. The Morgan fingerprint density at radius 2 is 1.93 bits per heavy atom. The number of nitrogens with one attached hydrogen (secondary N) is 1. The van der Waals surface area contributed by atoms with Crippen molar-refractivity contribution in [2.75, 3.05) is 13.1 Å². The maximum atomic E-state index is 13.0. The second-order valence-electron chi connectivity index (χ2n) is 7.28. The molecule has 1 atom stereocenters. The number of hydrogen-bond donors (Lipinski definition) is 1. The third-order valence-corrected chi connectivity index (χ3v) is 7.05. The highest BCUT2D eigenvalue weighted by atomic mass is 32.2. The minimum absolute atomic E-state index is 0.175. The number of sulfonamides is 1. The molecule has 152 valence electrons. The van der Waals surface area contributed by atoms with Gasteiger partial charge in [-0.25, -0.2) is 8.42 Å². The lowest BCUT2D eigenvalue weighted by atomic mass is 9.89. The highest BCUT2D eigenvalue weighted by molar-refractivity contribution is 7.89. The van der Waals surface area contributed by atoms with Crippen molar-refractivity contribution in [2.24, 2.45) is 5.16 Å². The maximum Gasteiger partial charge on any atom is 0.269 e. The second kappa shape index (κ2) is 7.92. The summed E-state index contributed by atoms with van der Waals surface area (Å²) in [5.74, 6) is -0.304. The van der Waals surface area contributed by atoms with Crippen LogP contribution in [0.4, 0.5) is 0 Å². The Bertz CT molecular complexity index is 1010. The molecule has 1 fully saturated rings. The number of benzene rings is 1. The molecule has 0 saturated carbocycles. The van der Waals surface area contributed by atoms with Gasteiger partial charge in [0.2, 0.25) is 10.0 Å². The number of carbonyl (C=O) groups is 1. The molecule has 1 saturated heterocycles. The number of aromatic nitrogens is 1.